The van der Waals surface area contributed by atoms with Crippen molar-refractivity contribution in [2.24, 2.45) is 5.73 Å². The van der Waals surface area contributed by atoms with Crippen LogP contribution in [0.4, 0.5) is 5.69 Å². The lowest BCUT2D eigenvalue weighted by Gasteiger charge is -2.11. The molecule has 0 aromatic heterocycles. The highest BCUT2D eigenvalue weighted by atomic mass is 32.2. The first kappa shape index (κ1) is 14.1. The number of hydrogen-bond acceptors (Lipinski definition) is 3. The van der Waals surface area contributed by atoms with Crippen molar-refractivity contribution in [1.82, 2.24) is 0 Å². The summed E-state index contributed by atoms with van der Waals surface area (Å²) in [6.45, 7) is 4.63. The van der Waals surface area contributed by atoms with E-state index in [1.54, 1.807) is 11.8 Å². The highest BCUT2D eigenvalue weighted by Gasteiger charge is 2.12. The largest absolute Gasteiger partial charge is 0.330 e. The third-order valence-corrected chi connectivity index (χ3v) is 3.64. The molecule has 0 saturated heterocycles. The highest BCUT2D eigenvalue weighted by Crippen LogP contribution is 2.15. The molecule has 1 rings (SSSR count). The van der Waals surface area contributed by atoms with Crippen LogP contribution in [0.3, 0.4) is 0 Å². The van der Waals surface area contributed by atoms with Crippen LogP contribution >= 0.6 is 11.8 Å². The fourth-order valence-corrected chi connectivity index (χ4v) is 2.20. The Hall–Kier alpha value is -1.00. The van der Waals surface area contributed by atoms with Crippen molar-refractivity contribution in [3.8, 4) is 0 Å². The zero-order valence-corrected chi connectivity index (χ0v) is 11.2. The normalized spacial score (nSPS) is 12.2. The molecule has 0 bridgehead atoms. The summed E-state index contributed by atoms with van der Waals surface area (Å²) >= 11 is 1.64. The number of nitrogens with two attached hydrogens (primary N) is 1. The molecule has 17 heavy (non-hydrogen) atoms. The standard InChI is InChI=1S/C13H20N2OS/c1-10-4-6-12(7-5-10)15-13(16)11(2)17-9-3-8-14/h4-7,11H,3,8-9,14H2,1-2H3,(H,15,16). The first-order valence-electron chi connectivity index (χ1n) is 5.82. The summed E-state index contributed by atoms with van der Waals surface area (Å²) in [5.74, 6) is 0.981. The fraction of sp³-hybridized carbons (Fsp3) is 0.462. The zero-order chi connectivity index (χ0) is 12.7. The molecular weight excluding hydrogens is 232 g/mol. The van der Waals surface area contributed by atoms with Crippen molar-refractivity contribution in [2.75, 3.05) is 17.6 Å². The van der Waals surface area contributed by atoms with E-state index >= 15 is 0 Å². The number of nitrogens with one attached hydrogen (secondary N) is 1. The maximum atomic E-state index is 11.8. The second-order valence-electron chi connectivity index (χ2n) is 4.01. The van der Waals surface area contributed by atoms with E-state index in [4.69, 9.17) is 5.73 Å². The molecule has 94 valence electrons. The van der Waals surface area contributed by atoms with Gasteiger partial charge in [0.1, 0.15) is 0 Å². The minimum Gasteiger partial charge on any atom is -0.330 e. The van der Waals surface area contributed by atoms with Crippen LogP contribution in [0, 0.1) is 6.92 Å². The van der Waals surface area contributed by atoms with E-state index in [1.165, 1.54) is 5.56 Å². The molecule has 0 aliphatic rings. The molecule has 3 nitrogen and oxygen atoms in total. The summed E-state index contributed by atoms with van der Waals surface area (Å²) in [7, 11) is 0. The maximum Gasteiger partial charge on any atom is 0.237 e. The summed E-state index contributed by atoms with van der Waals surface area (Å²) in [5.41, 5.74) is 7.46. The summed E-state index contributed by atoms with van der Waals surface area (Å²) in [4.78, 5) is 11.8. The van der Waals surface area contributed by atoms with Gasteiger partial charge in [0, 0.05) is 5.69 Å². The van der Waals surface area contributed by atoms with Crippen LogP contribution in [0.25, 0.3) is 0 Å². The molecule has 1 unspecified atom stereocenters. The van der Waals surface area contributed by atoms with Crippen LogP contribution in [-0.2, 0) is 4.79 Å². The van der Waals surface area contributed by atoms with Crippen LogP contribution in [0.1, 0.15) is 18.9 Å². The first-order valence-corrected chi connectivity index (χ1v) is 6.87. The Morgan fingerprint density at radius 3 is 2.65 bits per heavy atom. The van der Waals surface area contributed by atoms with Gasteiger partial charge in [-0.25, -0.2) is 0 Å². The molecule has 1 aromatic carbocycles. The van der Waals surface area contributed by atoms with Gasteiger partial charge in [-0.15, -0.1) is 11.8 Å². The van der Waals surface area contributed by atoms with Crippen molar-refractivity contribution < 1.29 is 4.79 Å². The van der Waals surface area contributed by atoms with Gasteiger partial charge in [-0.3, -0.25) is 4.79 Å². The Bertz CT molecular complexity index is 351. The van der Waals surface area contributed by atoms with Crippen molar-refractivity contribution in [3.63, 3.8) is 0 Å². The molecule has 4 heteroatoms. The van der Waals surface area contributed by atoms with Crippen LogP contribution in [0.5, 0.6) is 0 Å². The zero-order valence-electron chi connectivity index (χ0n) is 10.4. The van der Waals surface area contributed by atoms with E-state index in [0.717, 1.165) is 17.9 Å². The van der Waals surface area contributed by atoms with Crippen molar-refractivity contribution in [2.45, 2.75) is 25.5 Å². The van der Waals surface area contributed by atoms with Gasteiger partial charge in [-0.1, -0.05) is 17.7 Å². The molecule has 1 amide bonds. The smallest absolute Gasteiger partial charge is 0.237 e. The van der Waals surface area contributed by atoms with E-state index in [2.05, 4.69) is 5.32 Å². The molecule has 0 aliphatic heterocycles. The third kappa shape index (κ3) is 5.24. The summed E-state index contributed by atoms with van der Waals surface area (Å²) in [6, 6.07) is 7.82. The molecule has 0 aliphatic carbocycles. The van der Waals surface area contributed by atoms with Gasteiger partial charge in [0.25, 0.3) is 0 Å². The van der Waals surface area contributed by atoms with Crippen LogP contribution < -0.4 is 11.1 Å². The van der Waals surface area contributed by atoms with E-state index in [9.17, 15) is 4.79 Å². The van der Waals surface area contributed by atoms with Gasteiger partial charge in [0.05, 0.1) is 5.25 Å². The molecular formula is C13H20N2OS. The third-order valence-electron chi connectivity index (χ3n) is 2.40. The fourth-order valence-electron chi connectivity index (χ4n) is 1.30. The van der Waals surface area contributed by atoms with Gasteiger partial charge in [0.15, 0.2) is 0 Å². The predicted octanol–water partition coefficient (Wildman–Crippen LogP) is 2.40. The van der Waals surface area contributed by atoms with Gasteiger partial charge in [-0.05, 0) is 44.7 Å². The second-order valence-corrected chi connectivity index (χ2v) is 5.46. The number of benzene rings is 1. The van der Waals surface area contributed by atoms with Crippen molar-refractivity contribution in [1.29, 1.82) is 0 Å². The second kappa shape index (κ2) is 7.35. The van der Waals surface area contributed by atoms with Crippen LogP contribution in [0.2, 0.25) is 0 Å². The maximum absolute atomic E-state index is 11.8. The molecule has 0 saturated carbocycles. The Kier molecular flexibility index (Phi) is 6.08. The quantitative estimate of drug-likeness (QED) is 0.764. The Labute approximate surface area is 107 Å². The minimum atomic E-state index is -0.0390. The molecule has 0 spiro atoms. The first-order chi connectivity index (χ1) is 8.13. The van der Waals surface area contributed by atoms with Gasteiger partial charge in [0.2, 0.25) is 5.91 Å². The lowest BCUT2D eigenvalue weighted by atomic mass is 10.2. The molecule has 0 radical (unpaired) electrons. The summed E-state index contributed by atoms with van der Waals surface area (Å²) < 4.78 is 0. The number of amides is 1. The Morgan fingerprint density at radius 1 is 1.41 bits per heavy atom. The highest BCUT2D eigenvalue weighted by molar-refractivity contribution is 8.00. The molecule has 1 aromatic rings. The number of aryl methyl sites for hydroxylation is 1. The Balaban J connectivity index is 2.40. The molecule has 3 N–H and O–H groups in total. The van der Waals surface area contributed by atoms with Crippen molar-refractivity contribution >= 4 is 23.4 Å². The monoisotopic (exact) mass is 252 g/mol. The van der Waals surface area contributed by atoms with Gasteiger partial charge in [-0.2, -0.15) is 0 Å². The summed E-state index contributed by atoms with van der Waals surface area (Å²) in [6.07, 6.45) is 0.951. The number of rotatable bonds is 6. The topological polar surface area (TPSA) is 55.1 Å². The minimum absolute atomic E-state index is 0.0390. The molecule has 0 heterocycles. The molecule has 1 atom stereocenters. The van der Waals surface area contributed by atoms with E-state index in [0.29, 0.717) is 6.54 Å². The summed E-state index contributed by atoms with van der Waals surface area (Å²) in [5, 5.41) is 2.87. The van der Waals surface area contributed by atoms with Gasteiger partial charge >= 0.3 is 0 Å². The van der Waals surface area contributed by atoms with Crippen LogP contribution in [0.15, 0.2) is 24.3 Å². The van der Waals surface area contributed by atoms with Gasteiger partial charge < -0.3 is 11.1 Å². The number of hydrogen-bond donors (Lipinski definition) is 2. The molecule has 0 fully saturated rings. The lowest BCUT2D eigenvalue weighted by Crippen LogP contribution is -2.23. The predicted molar refractivity (Wildman–Crippen MR) is 75.4 cm³/mol. The number of carbonyl (C=O) groups is 1. The van der Waals surface area contributed by atoms with Crippen LogP contribution in [-0.4, -0.2) is 23.5 Å². The number of thioether (sulfide) groups is 1. The van der Waals surface area contributed by atoms with Crippen molar-refractivity contribution in [3.05, 3.63) is 29.8 Å². The average Bonchev–Trinajstić information content (AvgIpc) is 2.32. The lowest BCUT2D eigenvalue weighted by molar-refractivity contribution is -0.115. The van der Waals surface area contributed by atoms with E-state index in [-0.39, 0.29) is 11.2 Å². The number of anilines is 1. The number of carbonyl (C=O) groups excluding carboxylic acids is 1. The SMILES string of the molecule is Cc1ccc(NC(=O)C(C)SCCCN)cc1. The van der Waals surface area contributed by atoms with E-state index in [1.807, 2.05) is 38.1 Å². The Morgan fingerprint density at radius 2 is 2.06 bits per heavy atom. The average molecular weight is 252 g/mol. The van der Waals surface area contributed by atoms with E-state index < -0.39 is 0 Å².